The third kappa shape index (κ3) is 3.24. The topological polar surface area (TPSA) is 29.1 Å². The molecule has 0 aliphatic rings. The largest absolute Gasteiger partial charge is 0.349 e. The van der Waals surface area contributed by atoms with Gasteiger partial charge in [0.1, 0.15) is 0 Å². The predicted molar refractivity (Wildman–Crippen MR) is 62.8 cm³/mol. The molecule has 1 aromatic rings. The quantitative estimate of drug-likeness (QED) is 0.841. The summed E-state index contributed by atoms with van der Waals surface area (Å²) >= 11 is 6.03. The monoisotopic (exact) mass is 225 g/mol. The number of rotatable bonds is 3. The lowest BCUT2D eigenvalue weighted by Gasteiger charge is -2.16. The van der Waals surface area contributed by atoms with E-state index >= 15 is 0 Å². The normalized spacial score (nSPS) is 12.6. The van der Waals surface area contributed by atoms with Gasteiger partial charge in [0.2, 0.25) is 5.91 Å². The van der Waals surface area contributed by atoms with Gasteiger partial charge in [-0.2, -0.15) is 0 Å². The van der Waals surface area contributed by atoms with Crippen LogP contribution in [0.1, 0.15) is 32.4 Å². The van der Waals surface area contributed by atoms with E-state index in [1.165, 1.54) is 0 Å². The highest BCUT2D eigenvalue weighted by Crippen LogP contribution is 2.22. The van der Waals surface area contributed by atoms with E-state index in [1.54, 1.807) is 0 Å². The molecule has 2 nitrogen and oxygen atoms in total. The Hall–Kier alpha value is -1.02. The van der Waals surface area contributed by atoms with Crippen LogP contribution in [0, 0.1) is 5.92 Å². The maximum atomic E-state index is 11.5. The zero-order valence-corrected chi connectivity index (χ0v) is 10.0. The Balaban J connectivity index is 2.73. The van der Waals surface area contributed by atoms with E-state index in [0.29, 0.717) is 5.02 Å². The maximum Gasteiger partial charge on any atom is 0.223 e. The first-order valence-corrected chi connectivity index (χ1v) is 5.45. The molecule has 1 atom stereocenters. The molecule has 82 valence electrons. The molecule has 0 aliphatic heterocycles. The lowest BCUT2D eigenvalue weighted by Crippen LogP contribution is -2.30. The van der Waals surface area contributed by atoms with E-state index in [2.05, 4.69) is 5.32 Å². The van der Waals surface area contributed by atoms with Crippen molar-refractivity contribution in [1.29, 1.82) is 0 Å². The molecule has 0 saturated heterocycles. The van der Waals surface area contributed by atoms with Crippen molar-refractivity contribution in [3.8, 4) is 0 Å². The molecule has 0 unspecified atom stereocenters. The summed E-state index contributed by atoms with van der Waals surface area (Å²) < 4.78 is 0. The van der Waals surface area contributed by atoms with E-state index in [0.717, 1.165) is 5.56 Å². The van der Waals surface area contributed by atoms with Crippen molar-refractivity contribution >= 4 is 17.5 Å². The maximum absolute atomic E-state index is 11.5. The van der Waals surface area contributed by atoms with Crippen molar-refractivity contribution in [2.24, 2.45) is 5.92 Å². The van der Waals surface area contributed by atoms with Crippen LogP contribution in [0.4, 0.5) is 0 Å². The number of halogens is 1. The molecule has 0 heterocycles. The van der Waals surface area contributed by atoms with E-state index in [-0.39, 0.29) is 17.9 Å². The third-order valence-electron chi connectivity index (χ3n) is 2.25. The van der Waals surface area contributed by atoms with Gasteiger partial charge in [0.15, 0.2) is 0 Å². The van der Waals surface area contributed by atoms with Crippen LogP contribution in [0.2, 0.25) is 5.02 Å². The standard InChI is InChI=1S/C12H16ClNO/c1-8(2)12(15)14-9(3)10-6-4-5-7-11(10)13/h4-9H,1-3H3,(H,14,15)/t9-/m0/s1. The molecule has 0 radical (unpaired) electrons. The fourth-order valence-electron chi connectivity index (χ4n) is 1.28. The lowest BCUT2D eigenvalue weighted by molar-refractivity contribution is -0.124. The van der Waals surface area contributed by atoms with Gasteiger partial charge in [0.05, 0.1) is 6.04 Å². The summed E-state index contributed by atoms with van der Waals surface area (Å²) in [5, 5.41) is 3.60. The zero-order chi connectivity index (χ0) is 11.4. The molecular weight excluding hydrogens is 210 g/mol. The Morgan fingerprint density at radius 2 is 1.87 bits per heavy atom. The first-order valence-electron chi connectivity index (χ1n) is 5.07. The smallest absolute Gasteiger partial charge is 0.223 e. The van der Waals surface area contributed by atoms with Gasteiger partial charge in [0.25, 0.3) is 0 Å². The minimum absolute atomic E-state index is 0.00469. The molecule has 1 rings (SSSR count). The zero-order valence-electron chi connectivity index (χ0n) is 9.25. The Kier molecular flexibility index (Phi) is 4.15. The fourth-order valence-corrected chi connectivity index (χ4v) is 1.58. The first-order chi connectivity index (χ1) is 7.02. The van der Waals surface area contributed by atoms with Crippen LogP contribution >= 0.6 is 11.6 Å². The number of hydrogen-bond donors (Lipinski definition) is 1. The average Bonchev–Trinajstić information content (AvgIpc) is 2.18. The van der Waals surface area contributed by atoms with Crippen molar-refractivity contribution in [3.63, 3.8) is 0 Å². The summed E-state index contributed by atoms with van der Waals surface area (Å²) in [6, 6.07) is 7.50. The molecule has 0 bridgehead atoms. The summed E-state index contributed by atoms with van der Waals surface area (Å²) in [6.07, 6.45) is 0. The number of hydrogen-bond acceptors (Lipinski definition) is 1. The highest BCUT2D eigenvalue weighted by molar-refractivity contribution is 6.31. The van der Waals surface area contributed by atoms with Gasteiger partial charge in [-0.15, -0.1) is 0 Å². The van der Waals surface area contributed by atoms with Gasteiger partial charge in [-0.3, -0.25) is 4.79 Å². The Labute approximate surface area is 95.6 Å². The van der Waals surface area contributed by atoms with Crippen LogP contribution in [0.5, 0.6) is 0 Å². The Bertz CT molecular complexity index is 349. The van der Waals surface area contributed by atoms with Gasteiger partial charge in [-0.25, -0.2) is 0 Å². The van der Waals surface area contributed by atoms with Gasteiger partial charge in [0, 0.05) is 10.9 Å². The van der Waals surface area contributed by atoms with E-state index < -0.39 is 0 Å². The number of benzene rings is 1. The molecule has 1 amide bonds. The summed E-state index contributed by atoms with van der Waals surface area (Å²) in [5.74, 6) is 0.0392. The van der Waals surface area contributed by atoms with Crippen molar-refractivity contribution in [2.45, 2.75) is 26.8 Å². The van der Waals surface area contributed by atoms with Crippen LogP contribution in [0.3, 0.4) is 0 Å². The molecule has 0 spiro atoms. The number of carbonyl (C=O) groups is 1. The van der Waals surface area contributed by atoms with Gasteiger partial charge >= 0.3 is 0 Å². The number of amides is 1. The van der Waals surface area contributed by atoms with Crippen LogP contribution in [-0.2, 0) is 4.79 Å². The van der Waals surface area contributed by atoms with Crippen molar-refractivity contribution in [1.82, 2.24) is 5.32 Å². The second-order valence-corrected chi connectivity index (χ2v) is 4.31. The minimum Gasteiger partial charge on any atom is -0.349 e. The highest BCUT2D eigenvalue weighted by atomic mass is 35.5. The molecular formula is C12H16ClNO. The second-order valence-electron chi connectivity index (χ2n) is 3.91. The minimum atomic E-state index is -0.0476. The van der Waals surface area contributed by atoms with E-state index in [4.69, 9.17) is 11.6 Å². The number of nitrogens with one attached hydrogen (secondary N) is 1. The summed E-state index contributed by atoms with van der Waals surface area (Å²) in [5.41, 5.74) is 0.952. The van der Waals surface area contributed by atoms with Crippen molar-refractivity contribution in [2.75, 3.05) is 0 Å². The van der Waals surface area contributed by atoms with Crippen LogP contribution in [-0.4, -0.2) is 5.91 Å². The summed E-state index contributed by atoms with van der Waals surface area (Å²) in [6.45, 7) is 5.67. The Morgan fingerprint density at radius 1 is 1.27 bits per heavy atom. The van der Waals surface area contributed by atoms with Crippen molar-refractivity contribution in [3.05, 3.63) is 34.9 Å². The first kappa shape index (κ1) is 12.1. The SMILES string of the molecule is CC(C)C(=O)N[C@@H](C)c1ccccc1Cl. The van der Waals surface area contributed by atoms with Gasteiger partial charge in [-0.1, -0.05) is 43.6 Å². The van der Waals surface area contributed by atoms with Crippen LogP contribution in [0.25, 0.3) is 0 Å². The summed E-state index contributed by atoms with van der Waals surface area (Å²) in [7, 11) is 0. The van der Waals surface area contributed by atoms with E-state index in [9.17, 15) is 4.79 Å². The molecule has 0 saturated carbocycles. The summed E-state index contributed by atoms with van der Waals surface area (Å²) in [4.78, 5) is 11.5. The molecule has 15 heavy (non-hydrogen) atoms. The molecule has 0 aromatic heterocycles. The highest BCUT2D eigenvalue weighted by Gasteiger charge is 2.13. The van der Waals surface area contributed by atoms with Crippen molar-refractivity contribution < 1.29 is 4.79 Å². The Morgan fingerprint density at radius 3 is 2.40 bits per heavy atom. The molecule has 1 N–H and O–H groups in total. The predicted octanol–water partition coefficient (Wildman–Crippen LogP) is 3.17. The number of carbonyl (C=O) groups excluding carboxylic acids is 1. The fraction of sp³-hybridized carbons (Fsp3) is 0.417. The third-order valence-corrected chi connectivity index (χ3v) is 2.60. The second kappa shape index (κ2) is 5.17. The lowest BCUT2D eigenvalue weighted by atomic mass is 10.1. The van der Waals surface area contributed by atoms with E-state index in [1.807, 2.05) is 45.0 Å². The molecule has 0 aliphatic carbocycles. The van der Waals surface area contributed by atoms with Crippen LogP contribution in [0.15, 0.2) is 24.3 Å². The van der Waals surface area contributed by atoms with Gasteiger partial charge < -0.3 is 5.32 Å². The van der Waals surface area contributed by atoms with Crippen LogP contribution < -0.4 is 5.32 Å². The average molecular weight is 226 g/mol. The molecule has 1 aromatic carbocycles. The molecule has 3 heteroatoms. The molecule has 0 fully saturated rings. The van der Waals surface area contributed by atoms with Gasteiger partial charge in [-0.05, 0) is 18.6 Å².